The smallest absolute Gasteiger partial charge is 0.185 e. The highest BCUT2D eigenvalue weighted by Crippen LogP contribution is 2.43. The minimum atomic E-state index is -3.37. The van der Waals surface area contributed by atoms with E-state index in [1.54, 1.807) is 7.11 Å². The molecule has 0 unspecified atom stereocenters. The quantitative estimate of drug-likeness (QED) is 0.860. The molecule has 0 N–H and O–H groups in total. The van der Waals surface area contributed by atoms with Crippen molar-refractivity contribution in [3.63, 3.8) is 0 Å². The number of sulfone groups is 1. The van der Waals surface area contributed by atoms with E-state index in [2.05, 4.69) is 0 Å². The fourth-order valence-electron chi connectivity index (χ4n) is 2.53. The maximum atomic E-state index is 12.3. The highest BCUT2D eigenvalue weighted by Gasteiger charge is 2.37. The van der Waals surface area contributed by atoms with Crippen molar-refractivity contribution < 1.29 is 17.9 Å². The van der Waals surface area contributed by atoms with Crippen LogP contribution >= 0.6 is 11.3 Å². The molecule has 1 heterocycles. The first-order chi connectivity index (χ1) is 8.65. The van der Waals surface area contributed by atoms with Gasteiger partial charge in [-0.3, -0.25) is 4.79 Å². The number of carbonyl (C=O) groups is 1. The Morgan fingerprint density at radius 2 is 1.95 bits per heavy atom. The Labute approximate surface area is 117 Å². The van der Waals surface area contributed by atoms with Crippen molar-refractivity contribution in [2.24, 2.45) is 5.41 Å². The Hall–Kier alpha value is -0.720. The summed E-state index contributed by atoms with van der Waals surface area (Å²) < 4.78 is 29.0. The standard InChI is InChI=1S/C13H18O4S2/c1-13(2)5-8-10(7-17-3)18-12(19(4,15)16)11(8)9(14)6-13/h5-7H2,1-4H3. The average molecular weight is 302 g/mol. The monoisotopic (exact) mass is 302 g/mol. The molecule has 0 bridgehead atoms. The van der Waals surface area contributed by atoms with Gasteiger partial charge in [0, 0.05) is 24.7 Å². The number of hydrogen-bond acceptors (Lipinski definition) is 5. The third-order valence-corrected chi connectivity index (χ3v) is 6.28. The van der Waals surface area contributed by atoms with Gasteiger partial charge in [0.25, 0.3) is 0 Å². The number of methoxy groups -OCH3 is 1. The number of ether oxygens (including phenoxy) is 1. The molecule has 1 aliphatic rings. The normalized spacial score (nSPS) is 18.4. The van der Waals surface area contributed by atoms with E-state index >= 15 is 0 Å². The number of rotatable bonds is 3. The molecule has 0 saturated carbocycles. The predicted octanol–water partition coefficient (Wildman–Crippen LogP) is 2.45. The van der Waals surface area contributed by atoms with Crippen molar-refractivity contribution >= 4 is 27.0 Å². The molecule has 0 atom stereocenters. The van der Waals surface area contributed by atoms with Crippen LogP contribution in [0.4, 0.5) is 0 Å². The summed E-state index contributed by atoms with van der Waals surface area (Å²) >= 11 is 1.18. The molecule has 0 radical (unpaired) electrons. The largest absolute Gasteiger partial charge is 0.379 e. The lowest BCUT2D eigenvalue weighted by Crippen LogP contribution is -2.27. The van der Waals surface area contributed by atoms with Gasteiger partial charge < -0.3 is 4.74 Å². The summed E-state index contributed by atoms with van der Waals surface area (Å²) in [6, 6.07) is 0. The van der Waals surface area contributed by atoms with Crippen molar-refractivity contribution in [1.82, 2.24) is 0 Å². The summed E-state index contributed by atoms with van der Waals surface area (Å²) in [6.45, 7) is 4.41. The zero-order valence-corrected chi connectivity index (χ0v) is 13.2. The molecule has 4 nitrogen and oxygen atoms in total. The van der Waals surface area contributed by atoms with E-state index in [1.807, 2.05) is 13.8 Å². The summed E-state index contributed by atoms with van der Waals surface area (Å²) in [6.07, 6.45) is 2.27. The van der Waals surface area contributed by atoms with Crippen LogP contribution in [0.3, 0.4) is 0 Å². The van der Waals surface area contributed by atoms with Gasteiger partial charge in [-0.25, -0.2) is 8.42 Å². The van der Waals surface area contributed by atoms with Crippen LogP contribution in [0.15, 0.2) is 4.21 Å². The fourth-order valence-corrected chi connectivity index (χ4v) is 5.08. The minimum Gasteiger partial charge on any atom is -0.379 e. The molecule has 1 aliphatic carbocycles. The van der Waals surface area contributed by atoms with Crippen LogP contribution in [-0.2, 0) is 27.6 Å². The molecule has 0 aliphatic heterocycles. The van der Waals surface area contributed by atoms with Crippen LogP contribution in [0.2, 0.25) is 0 Å². The van der Waals surface area contributed by atoms with E-state index < -0.39 is 9.84 Å². The highest BCUT2D eigenvalue weighted by molar-refractivity contribution is 7.92. The molecule has 2 rings (SSSR count). The van der Waals surface area contributed by atoms with E-state index in [9.17, 15) is 13.2 Å². The highest BCUT2D eigenvalue weighted by atomic mass is 32.2. The van der Waals surface area contributed by atoms with E-state index in [4.69, 9.17) is 4.74 Å². The summed E-state index contributed by atoms with van der Waals surface area (Å²) in [5.41, 5.74) is 1.16. The third kappa shape index (κ3) is 2.75. The molecular formula is C13H18O4S2. The van der Waals surface area contributed by atoms with Crippen LogP contribution in [-0.4, -0.2) is 27.6 Å². The Morgan fingerprint density at radius 1 is 1.32 bits per heavy atom. The van der Waals surface area contributed by atoms with E-state index in [0.29, 0.717) is 18.6 Å². The lowest BCUT2D eigenvalue weighted by atomic mass is 9.74. The minimum absolute atomic E-state index is 0.0646. The molecule has 0 spiro atoms. The summed E-state index contributed by atoms with van der Waals surface area (Å²) in [5, 5.41) is 0. The third-order valence-electron chi connectivity index (χ3n) is 3.24. The van der Waals surface area contributed by atoms with Gasteiger partial charge in [-0.15, -0.1) is 11.3 Å². The molecule has 6 heteroatoms. The predicted molar refractivity (Wildman–Crippen MR) is 74.6 cm³/mol. The van der Waals surface area contributed by atoms with Gasteiger partial charge >= 0.3 is 0 Å². The van der Waals surface area contributed by atoms with Gasteiger partial charge in [0.05, 0.1) is 12.2 Å². The number of thiophene rings is 1. The SMILES string of the molecule is COCc1sc(S(C)(=O)=O)c2c1CC(C)(C)CC2=O. The van der Waals surface area contributed by atoms with Crippen LogP contribution in [0.25, 0.3) is 0 Å². The molecule has 0 aromatic carbocycles. The second-order valence-corrected chi connectivity index (χ2v) is 9.13. The molecule has 19 heavy (non-hydrogen) atoms. The molecule has 1 aromatic rings. The first kappa shape index (κ1) is 14.7. The molecule has 106 valence electrons. The van der Waals surface area contributed by atoms with Crippen LogP contribution in [0, 0.1) is 5.41 Å². The van der Waals surface area contributed by atoms with E-state index in [0.717, 1.165) is 23.1 Å². The second-order valence-electron chi connectivity index (χ2n) is 5.81. The second kappa shape index (κ2) is 4.68. The first-order valence-electron chi connectivity index (χ1n) is 6.02. The Balaban J connectivity index is 2.68. The van der Waals surface area contributed by atoms with Gasteiger partial charge in [-0.2, -0.15) is 0 Å². The van der Waals surface area contributed by atoms with E-state index in [-0.39, 0.29) is 15.4 Å². The average Bonchev–Trinajstić information content (AvgIpc) is 2.56. The molecule has 0 saturated heterocycles. The van der Waals surface area contributed by atoms with Crippen molar-refractivity contribution in [3.8, 4) is 0 Å². The van der Waals surface area contributed by atoms with Crippen LogP contribution in [0.5, 0.6) is 0 Å². The van der Waals surface area contributed by atoms with Gasteiger partial charge in [0.15, 0.2) is 15.6 Å². The summed E-state index contributed by atoms with van der Waals surface area (Å²) in [4.78, 5) is 13.1. The topological polar surface area (TPSA) is 60.4 Å². The zero-order chi connectivity index (χ0) is 14.4. The van der Waals surface area contributed by atoms with Gasteiger partial charge in [0.1, 0.15) is 4.21 Å². The number of fused-ring (bicyclic) bond motifs is 1. The number of ketones is 1. The Bertz CT molecular complexity index is 623. The Morgan fingerprint density at radius 3 is 2.47 bits per heavy atom. The molecule has 0 amide bonds. The maximum absolute atomic E-state index is 12.3. The number of hydrogen-bond donors (Lipinski definition) is 0. The fraction of sp³-hybridized carbons (Fsp3) is 0.615. The summed E-state index contributed by atoms with van der Waals surface area (Å²) in [5.74, 6) is -0.0646. The lowest BCUT2D eigenvalue weighted by Gasteiger charge is -2.29. The molecular weight excluding hydrogens is 284 g/mol. The van der Waals surface area contributed by atoms with Crippen LogP contribution in [0.1, 0.15) is 41.1 Å². The van der Waals surface area contributed by atoms with Crippen molar-refractivity contribution in [1.29, 1.82) is 0 Å². The van der Waals surface area contributed by atoms with Crippen molar-refractivity contribution in [3.05, 3.63) is 16.0 Å². The van der Waals surface area contributed by atoms with Gasteiger partial charge in [-0.05, 0) is 17.4 Å². The summed E-state index contributed by atoms with van der Waals surface area (Å²) in [7, 11) is -1.80. The van der Waals surface area contributed by atoms with Gasteiger partial charge in [0.2, 0.25) is 0 Å². The maximum Gasteiger partial charge on any atom is 0.185 e. The zero-order valence-electron chi connectivity index (χ0n) is 11.6. The van der Waals surface area contributed by atoms with Crippen molar-refractivity contribution in [2.75, 3.05) is 13.4 Å². The lowest BCUT2D eigenvalue weighted by molar-refractivity contribution is 0.0908. The Kier molecular flexibility index (Phi) is 3.62. The van der Waals surface area contributed by atoms with Crippen molar-refractivity contribution in [2.45, 2.75) is 37.5 Å². The van der Waals surface area contributed by atoms with E-state index in [1.165, 1.54) is 11.3 Å². The first-order valence-corrected chi connectivity index (χ1v) is 8.73. The molecule has 0 fully saturated rings. The molecule has 1 aromatic heterocycles. The van der Waals surface area contributed by atoms with Crippen LogP contribution < -0.4 is 0 Å². The number of Topliss-reactive ketones (excluding diaryl/α,β-unsaturated/α-hetero) is 1. The number of carbonyl (C=O) groups excluding carboxylic acids is 1. The van der Waals surface area contributed by atoms with Gasteiger partial charge in [-0.1, -0.05) is 13.8 Å².